The molecule has 0 atom stereocenters. The smallest absolute Gasteiger partial charge is 0.224 e. The van der Waals surface area contributed by atoms with Crippen molar-refractivity contribution in [3.05, 3.63) is 41.3 Å². The molecule has 3 rings (SSSR count). The summed E-state index contributed by atoms with van der Waals surface area (Å²) in [7, 11) is 0. The minimum absolute atomic E-state index is 0.00636. The third kappa shape index (κ3) is 2.11. The third-order valence-corrected chi connectivity index (χ3v) is 3.50. The van der Waals surface area contributed by atoms with E-state index >= 15 is 0 Å². The first-order chi connectivity index (χ1) is 10.5. The lowest BCUT2D eigenvalue weighted by Gasteiger charge is -2.15. The van der Waals surface area contributed by atoms with Gasteiger partial charge in [-0.05, 0) is 13.0 Å². The van der Waals surface area contributed by atoms with Crippen molar-refractivity contribution in [3.8, 4) is 11.1 Å². The van der Waals surface area contributed by atoms with Crippen molar-refractivity contribution in [2.24, 2.45) is 0 Å². The van der Waals surface area contributed by atoms with Crippen LogP contribution in [0.4, 0.5) is 16.2 Å². The monoisotopic (exact) mass is 299 g/mol. The van der Waals surface area contributed by atoms with Crippen LogP contribution >= 0.6 is 0 Å². The summed E-state index contributed by atoms with van der Waals surface area (Å²) in [6.07, 6.45) is 0. The summed E-state index contributed by atoms with van der Waals surface area (Å²) >= 11 is 0. The van der Waals surface area contributed by atoms with Crippen molar-refractivity contribution in [3.63, 3.8) is 0 Å². The van der Waals surface area contributed by atoms with Crippen LogP contribution in [0.1, 0.15) is 11.3 Å². The Kier molecular flexibility index (Phi) is 3.34. The van der Waals surface area contributed by atoms with E-state index in [4.69, 9.17) is 11.5 Å². The maximum Gasteiger partial charge on any atom is 0.224 e. The number of fused-ring (bicyclic) bond motifs is 1. The van der Waals surface area contributed by atoms with Crippen molar-refractivity contribution in [2.75, 3.05) is 11.5 Å². The van der Waals surface area contributed by atoms with Crippen LogP contribution < -0.4 is 11.5 Å². The van der Waals surface area contributed by atoms with Crippen molar-refractivity contribution in [1.29, 1.82) is 0 Å². The number of nitrogens with two attached hydrogens (primary N) is 2. The molecule has 0 radical (unpaired) electrons. The highest BCUT2D eigenvalue weighted by Gasteiger charge is 2.20. The van der Waals surface area contributed by atoms with Gasteiger partial charge in [0.05, 0.1) is 12.0 Å². The normalized spacial score (nSPS) is 11.0. The molecular formula is C15H14FN5O. The second-order valence-electron chi connectivity index (χ2n) is 4.85. The molecule has 0 aliphatic rings. The average Bonchev–Trinajstić information content (AvgIpc) is 2.46. The SMILES string of the molecule is Cc1nc2nc(N)nc(N)c2c(-c2ccccc2F)c1CO. The molecule has 5 N–H and O–H groups in total. The van der Waals surface area contributed by atoms with Gasteiger partial charge in [0.2, 0.25) is 5.95 Å². The van der Waals surface area contributed by atoms with Crippen LogP contribution in [0, 0.1) is 12.7 Å². The van der Waals surface area contributed by atoms with Gasteiger partial charge in [-0.3, -0.25) is 0 Å². The first-order valence-electron chi connectivity index (χ1n) is 6.61. The number of aromatic nitrogens is 3. The van der Waals surface area contributed by atoms with Crippen LogP contribution in [-0.2, 0) is 6.61 Å². The van der Waals surface area contributed by atoms with E-state index in [0.717, 1.165) is 0 Å². The topological polar surface area (TPSA) is 111 Å². The maximum atomic E-state index is 14.3. The second-order valence-corrected chi connectivity index (χ2v) is 4.85. The van der Waals surface area contributed by atoms with E-state index in [-0.39, 0.29) is 24.0 Å². The fraction of sp³-hybridized carbons (Fsp3) is 0.133. The summed E-state index contributed by atoms with van der Waals surface area (Å²) in [5.74, 6) is -0.337. The fourth-order valence-corrected chi connectivity index (χ4v) is 2.52. The van der Waals surface area contributed by atoms with Crippen LogP contribution in [0.15, 0.2) is 24.3 Å². The summed E-state index contributed by atoms with van der Waals surface area (Å²) in [4.78, 5) is 12.3. The zero-order valence-electron chi connectivity index (χ0n) is 11.8. The third-order valence-electron chi connectivity index (χ3n) is 3.50. The summed E-state index contributed by atoms with van der Waals surface area (Å²) in [5, 5.41) is 10.1. The van der Waals surface area contributed by atoms with Crippen molar-refractivity contribution in [2.45, 2.75) is 13.5 Å². The lowest BCUT2D eigenvalue weighted by atomic mass is 9.95. The standard InChI is InChI=1S/C15H14FN5O/c1-7-9(6-22)11(8-4-2-3-5-10(8)16)12-13(17)20-15(18)21-14(12)19-7/h2-5,22H,6H2,1H3,(H4,17,18,19,20,21). The number of anilines is 2. The quantitative estimate of drug-likeness (QED) is 0.665. The van der Waals surface area contributed by atoms with E-state index in [0.29, 0.717) is 27.8 Å². The predicted molar refractivity (Wildman–Crippen MR) is 82.2 cm³/mol. The number of rotatable bonds is 2. The van der Waals surface area contributed by atoms with Crippen LogP contribution in [0.25, 0.3) is 22.2 Å². The number of aliphatic hydroxyl groups excluding tert-OH is 1. The molecule has 0 aliphatic carbocycles. The number of benzene rings is 1. The molecule has 0 spiro atoms. The van der Waals surface area contributed by atoms with Gasteiger partial charge in [0, 0.05) is 22.4 Å². The molecule has 7 heteroatoms. The average molecular weight is 299 g/mol. The van der Waals surface area contributed by atoms with Gasteiger partial charge < -0.3 is 16.6 Å². The molecular weight excluding hydrogens is 285 g/mol. The Morgan fingerprint density at radius 3 is 2.55 bits per heavy atom. The highest BCUT2D eigenvalue weighted by molar-refractivity contribution is 6.01. The maximum absolute atomic E-state index is 14.3. The number of aliphatic hydroxyl groups is 1. The molecule has 0 saturated heterocycles. The molecule has 0 saturated carbocycles. The van der Waals surface area contributed by atoms with Crippen LogP contribution in [0.2, 0.25) is 0 Å². The number of nitrogens with zero attached hydrogens (tertiary/aromatic N) is 3. The molecule has 3 aromatic rings. The number of nitrogen functional groups attached to an aromatic ring is 2. The van der Waals surface area contributed by atoms with Gasteiger partial charge in [-0.1, -0.05) is 18.2 Å². The molecule has 2 aromatic heterocycles. The molecule has 22 heavy (non-hydrogen) atoms. The minimum atomic E-state index is -0.430. The molecule has 1 aromatic carbocycles. The van der Waals surface area contributed by atoms with Crippen molar-refractivity contribution >= 4 is 22.8 Å². The van der Waals surface area contributed by atoms with E-state index < -0.39 is 5.82 Å². The van der Waals surface area contributed by atoms with Crippen LogP contribution in [-0.4, -0.2) is 20.1 Å². The Morgan fingerprint density at radius 1 is 1.14 bits per heavy atom. The van der Waals surface area contributed by atoms with Gasteiger partial charge in [-0.15, -0.1) is 0 Å². The van der Waals surface area contributed by atoms with Gasteiger partial charge in [0.25, 0.3) is 0 Å². The summed E-state index contributed by atoms with van der Waals surface area (Å²) in [6, 6.07) is 6.24. The number of hydrogen-bond donors (Lipinski definition) is 3. The lowest BCUT2D eigenvalue weighted by Crippen LogP contribution is -2.07. The van der Waals surface area contributed by atoms with Gasteiger partial charge in [0.15, 0.2) is 5.65 Å². The predicted octanol–water partition coefficient (Wildman–Crippen LogP) is 1.80. The Balaban J connectivity index is 2.53. The van der Waals surface area contributed by atoms with Crippen LogP contribution in [0.5, 0.6) is 0 Å². The summed E-state index contributed by atoms with van der Waals surface area (Å²) < 4.78 is 14.3. The highest BCUT2D eigenvalue weighted by atomic mass is 19.1. The molecule has 0 aliphatic heterocycles. The van der Waals surface area contributed by atoms with E-state index in [2.05, 4.69) is 15.0 Å². The molecule has 0 unspecified atom stereocenters. The van der Waals surface area contributed by atoms with Crippen molar-refractivity contribution < 1.29 is 9.50 Å². The van der Waals surface area contributed by atoms with E-state index in [1.807, 2.05) is 0 Å². The van der Waals surface area contributed by atoms with Gasteiger partial charge in [-0.2, -0.15) is 9.97 Å². The Morgan fingerprint density at radius 2 is 1.86 bits per heavy atom. The van der Waals surface area contributed by atoms with E-state index in [1.54, 1.807) is 25.1 Å². The molecule has 6 nitrogen and oxygen atoms in total. The summed E-state index contributed by atoms with van der Waals surface area (Å²) in [6.45, 7) is 1.41. The Bertz CT molecular complexity index is 881. The van der Waals surface area contributed by atoms with E-state index in [1.165, 1.54) is 6.07 Å². The Labute approximate surface area is 125 Å². The van der Waals surface area contributed by atoms with Gasteiger partial charge >= 0.3 is 0 Å². The minimum Gasteiger partial charge on any atom is -0.392 e. The molecule has 2 heterocycles. The zero-order chi connectivity index (χ0) is 15.9. The molecule has 0 amide bonds. The number of aryl methyl sites for hydroxylation is 1. The molecule has 112 valence electrons. The van der Waals surface area contributed by atoms with Gasteiger partial charge in [0.1, 0.15) is 11.6 Å². The lowest BCUT2D eigenvalue weighted by molar-refractivity contribution is 0.281. The first kappa shape index (κ1) is 14.2. The summed E-state index contributed by atoms with van der Waals surface area (Å²) in [5.41, 5.74) is 13.6. The second kappa shape index (κ2) is 5.19. The van der Waals surface area contributed by atoms with Crippen molar-refractivity contribution in [1.82, 2.24) is 15.0 Å². The number of halogens is 1. The van der Waals surface area contributed by atoms with Crippen LogP contribution in [0.3, 0.4) is 0 Å². The fourth-order valence-electron chi connectivity index (χ4n) is 2.52. The van der Waals surface area contributed by atoms with Gasteiger partial charge in [-0.25, -0.2) is 9.37 Å². The zero-order valence-corrected chi connectivity index (χ0v) is 11.8. The molecule has 0 bridgehead atoms. The molecule has 0 fully saturated rings. The number of pyridine rings is 1. The largest absolute Gasteiger partial charge is 0.392 e. The number of hydrogen-bond acceptors (Lipinski definition) is 6. The first-order valence-corrected chi connectivity index (χ1v) is 6.61. The Hall–Kier alpha value is -2.80. The highest BCUT2D eigenvalue weighted by Crippen LogP contribution is 2.36. The van der Waals surface area contributed by atoms with E-state index in [9.17, 15) is 9.50 Å².